The second kappa shape index (κ2) is 5.95. The van der Waals surface area contributed by atoms with Gasteiger partial charge in [0.25, 0.3) is 5.79 Å². The topological polar surface area (TPSA) is 116 Å². The predicted octanol–water partition coefficient (Wildman–Crippen LogP) is 2.64. The van der Waals surface area contributed by atoms with Crippen LogP contribution < -0.4 is 0 Å². The molecule has 0 aromatic heterocycles. The summed E-state index contributed by atoms with van der Waals surface area (Å²) in [7, 11) is 0. The van der Waals surface area contributed by atoms with Crippen LogP contribution in [-0.2, 0) is 19.1 Å². The zero-order valence-corrected chi connectivity index (χ0v) is 13.7. The standard InChI is InChI=1S/C16H17NO7/c1-8(2)9-5-10(13(18)12(7-9)17(21)22)6-11-14(19)23-16(3,4)24-15(11)20/h5-8,18H,1-4H3. The van der Waals surface area contributed by atoms with Crippen molar-refractivity contribution in [3.05, 3.63) is 38.9 Å². The number of nitro groups is 1. The monoisotopic (exact) mass is 335 g/mol. The number of benzene rings is 1. The van der Waals surface area contributed by atoms with Crippen LogP contribution in [0.2, 0.25) is 0 Å². The maximum absolute atomic E-state index is 12.0. The fraction of sp³-hybridized carbons (Fsp3) is 0.375. The van der Waals surface area contributed by atoms with E-state index in [9.17, 15) is 24.8 Å². The summed E-state index contributed by atoms with van der Waals surface area (Å²) in [6, 6.07) is 2.73. The second-order valence-electron chi connectivity index (χ2n) is 6.13. The number of cyclic esters (lactones) is 2. The lowest BCUT2D eigenvalue weighted by atomic mass is 9.97. The van der Waals surface area contributed by atoms with Crippen molar-refractivity contribution in [1.29, 1.82) is 0 Å². The molecule has 128 valence electrons. The molecule has 0 bridgehead atoms. The average molecular weight is 335 g/mol. The molecule has 0 aliphatic carbocycles. The third-order valence-electron chi connectivity index (χ3n) is 3.42. The third-order valence-corrected chi connectivity index (χ3v) is 3.42. The molecular weight excluding hydrogens is 318 g/mol. The number of rotatable bonds is 3. The van der Waals surface area contributed by atoms with Crippen LogP contribution in [0.1, 0.15) is 44.7 Å². The van der Waals surface area contributed by atoms with Crippen molar-refractivity contribution in [3.63, 3.8) is 0 Å². The Hall–Kier alpha value is -2.90. The minimum atomic E-state index is -1.39. The summed E-state index contributed by atoms with van der Waals surface area (Å²) in [4.78, 5) is 34.3. The van der Waals surface area contributed by atoms with Crippen LogP contribution in [0.3, 0.4) is 0 Å². The van der Waals surface area contributed by atoms with E-state index >= 15 is 0 Å². The number of ether oxygens (including phenoxy) is 2. The first kappa shape index (κ1) is 17.5. The Morgan fingerprint density at radius 3 is 2.21 bits per heavy atom. The highest BCUT2D eigenvalue weighted by molar-refractivity contribution is 6.19. The Kier molecular flexibility index (Phi) is 4.33. The number of aromatic hydroxyl groups is 1. The third kappa shape index (κ3) is 3.37. The number of nitrogens with zero attached hydrogens (tertiary/aromatic N) is 1. The summed E-state index contributed by atoms with van der Waals surface area (Å²) < 4.78 is 9.92. The quantitative estimate of drug-likeness (QED) is 0.297. The van der Waals surface area contributed by atoms with Gasteiger partial charge in [0.1, 0.15) is 5.57 Å². The highest BCUT2D eigenvalue weighted by atomic mass is 16.7. The molecule has 1 saturated heterocycles. The summed E-state index contributed by atoms with van der Waals surface area (Å²) >= 11 is 0. The average Bonchev–Trinajstić information content (AvgIpc) is 2.42. The van der Waals surface area contributed by atoms with Crippen molar-refractivity contribution in [1.82, 2.24) is 0 Å². The lowest BCUT2D eigenvalue weighted by Gasteiger charge is -2.29. The van der Waals surface area contributed by atoms with Crippen LogP contribution in [0.25, 0.3) is 6.08 Å². The highest BCUT2D eigenvalue weighted by Crippen LogP contribution is 2.36. The van der Waals surface area contributed by atoms with Gasteiger partial charge in [0, 0.05) is 25.5 Å². The van der Waals surface area contributed by atoms with Crippen molar-refractivity contribution in [2.24, 2.45) is 0 Å². The van der Waals surface area contributed by atoms with Gasteiger partial charge in [0.2, 0.25) is 5.75 Å². The molecule has 0 atom stereocenters. The first-order valence-corrected chi connectivity index (χ1v) is 7.21. The number of phenols is 1. The van der Waals surface area contributed by atoms with Gasteiger partial charge in [0.05, 0.1) is 4.92 Å². The van der Waals surface area contributed by atoms with E-state index < -0.39 is 39.7 Å². The Bertz CT molecular complexity index is 740. The van der Waals surface area contributed by atoms with Gasteiger partial charge >= 0.3 is 17.6 Å². The van der Waals surface area contributed by atoms with Gasteiger partial charge in [-0.1, -0.05) is 13.8 Å². The van der Waals surface area contributed by atoms with Gasteiger partial charge in [0.15, 0.2) is 0 Å². The fourth-order valence-electron chi connectivity index (χ4n) is 2.18. The van der Waals surface area contributed by atoms with Crippen molar-refractivity contribution in [2.75, 3.05) is 0 Å². The zero-order chi connectivity index (χ0) is 18.2. The molecule has 8 nitrogen and oxygen atoms in total. The first-order chi connectivity index (χ1) is 11.0. The molecular formula is C16H17NO7. The SMILES string of the molecule is CC(C)c1cc(C=C2C(=O)OC(C)(C)OC2=O)c(O)c([N+](=O)[O-])c1. The van der Waals surface area contributed by atoms with Gasteiger partial charge in [-0.15, -0.1) is 0 Å². The van der Waals surface area contributed by atoms with Gasteiger partial charge in [-0.3, -0.25) is 10.1 Å². The Labute approximate surface area is 137 Å². The number of hydrogen-bond acceptors (Lipinski definition) is 7. The maximum atomic E-state index is 12.0. The summed E-state index contributed by atoms with van der Waals surface area (Å²) in [5, 5.41) is 21.2. The van der Waals surface area contributed by atoms with Gasteiger partial charge in [-0.05, 0) is 23.6 Å². The van der Waals surface area contributed by atoms with Crippen molar-refractivity contribution >= 4 is 23.7 Å². The second-order valence-corrected chi connectivity index (χ2v) is 6.13. The summed E-state index contributed by atoms with van der Waals surface area (Å²) in [5.41, 5.74) is -0.411. The molecule has 1 aromatic rings. The molecule has 1 N–H and O–H groups in total. The van der Waals surface area contributed by atoms with Crippen molar-refractivity contribution in [3.8, 4) is 5.75 Å². The fourth-order valence-corrected chi connectivity index (χ4v) is 2.18. The number of carbonyl (C=O) groups is 2. The largest absolute Gasteiger partial charge is 0.502 e. The smallest absolute Gasteiger partial charge is 0.348 e. The first-order valence-electron chi connectivity index (χ1n) is 7.21. The molecule has 1 aromatic carbocycles. The van der Waals surface area contributed by atoms with Crippen LogP contribution >= 0.6 is 0 Å². The van der Waals surface area contributed by atoms with Gasteiger partial charge < -0.3 is 14.6 Å². The normalized spacial score (nSPS) is 16.6. The van der Waals surface area contributed by atoms with E-state index in [-0.39, 0.29) is 11.5 Å². The minimum Gasteiger partial charge on any atom is -0.502 e. The van der Waals surface area contributed by atoms with Crippen LogP contribution in [0.15, 0.2) is 17.7 Å². The number of carbonyl (C=O) groups excluding carboxylic acids is 2. The summed E-state index contributed by atoms with van der Waals surface area (Å²) in [6.45, 7) is 6.44. The highest BCUT2D eigenvalue weighted by Gasteiger charge is 2.39. The molecule has 0 unspecified atom stereocenters. The van der Waals surface area contributed by atoms with E-state index in [2.05, 4.69) is 0 Å². The zero-order valence-electron chi connectivity index (χ0n) is 13.7. The lowest BCUT2D eigenvalue weighted by Crippen LogP contribution is -2.41. The van der Waals surface area contributed by atoms with Gasteiger partial charge in [-0.25, -0.2) is 9.59 Å². The molecule has 1 aliphatic heterocycles. The number of phenolic OH excluding ortho intramolecular Hbond substituents is 1. The number of nitro benzene ring substituents is 1. The predicted molar refractivity (Wildman–Crippen MR) is 83.1 cm³/mol. The molecule has 2 rings (SSSR count). The molecule has 0 saturated carbocycles. The van der Waals surface area contributed by atoms with E-state index in [0.29, 0.717) is 5.56 Å². The van der Waals surface area contributed by atoms with E-state index in [1.54, 1.807) is 0 Å². The van der Waals surface area contributed by atoms with E-state index in [0.717, 1.165) is 6.08 Å². The van der Waals surface area contributed by atoms with Crippen LogP contribution in [0, 0.1) is 10.1 Å². The Morgan fingerprint density at radius 2 is 1.75 bits per heavy atom. The van der Waals surface area contributed by atoms with Gasteiger partial charge in [-0.2, -0.15) is 0 Å². The van der Waals surface area contributed by atoms with Crippen molar-refractivity contribution in [2.45, 2.75) is 39.4 Å². The van der Waals surface area contributed by atoms with Crippen molar-refractivity contribution < 1.29 is 29.1 Å². The van der Waals surface area contributed by atoms with Crippen LogP contribution in [0.5, 0.6) is 5.75 Å². The molecule has 0 spiro atoms. The van der Waals surface area contributed by atoms with Crippen LogP contribution in [0.4, 0.5) is 5.69 Å². The van der Waals surface area contributed by atoms with Crippen LogP contribution in [-0.4, -0.2) is 27.8 Å². The number of esters is 2. The molecule has 1 aliphatic rings. The minimum absolute atomic E-state index is 0.0310. The summed E-state index contributed by atoms with van der Waals surface area (Å²) in [5.74, 6) is -3.94. The maximum Gasteiger partial charge on any atom is 0.348 e. The lowest BCUT2D eigenvalue weighted by molar-refractivity contribution is -0.386. The molecule has 8 heteroatoms. The van der Waals surface area contributed by atoms with E-state index in [1.165, 1.54) is 26.0 Å². The van der Waals surface area contributed by atoms with E-state index in [1.807, 2.05) is 13.8 Å². The van der Waals surface area contributed by atoms with E-state index in [4.69, 9.17) is 9.47 Å². The molecule has 1 heterocycles. The molecule has 24 heavy (non-hydrogen) atoms. The molecule has 0 amide bonds. The molecule has 0 radical (unpaired) electrons. The summed E-state index contributed by atoms with van der Waals surface area (Å²) in [6.07, 6.45) is 1.04. The number of hydrogen-bond donors (Lipinski definition) is 1. The Morgan fingerprint density at radius 1 is 1.21 bits per heavy atom. The molecule has 1 fully saturated rings. The Balaban J connectivity index is 2.58.